The van der Waals surface area contributed by atoms with Crippen molar-refractivity contribution in [2.24, 2.45) is 0 Å². The maximum Gasteiger partial charge on any atom is 0.0791 e. The Labute approximate surface area is 81.5 Å². The summed E-state index contributed by atoms with van der Waals surface area (Å²) in [4.78, 5) is 0. The van der Waals surface area contributed by atoms with E-state index in [0.717, 1.165) is 19.1 Å². The molecule has 0 aliphatic rings. The highest BCUT2D eigenvalue weighted by Crippen LogP contribution is 1.99. The van der Waals surface area contributed by atoms with Crippen molar-refractivity contribution in [3.63, 3.8) is 0 Å². The van der Waals surface area contributed by atoms with Crippen LogP contribution < -0.4 is 0 Å². The van der Waals surface area contributed by atoms with E-state index in [0.29, 0.717) is 0 Å². The Hall–Kier alpha value is -0.980. The van der Waals surface area contributed by atoms with Crippen molar-refractivity contribution in [3.8, 4) is 0 Å². The second kappa shape index (κ2) is 11.0. The molecule has 74 valence electrons. The lowest BCUT2D eigenvalue weighted by Gasteiger charge is -1.89. The van der Waals surface area contributed by atoms with Crippen molar-refractivity contribution < 1.29 is 5.11 Å². The molecule has 0 heterocycles. The highest BCUT2D eigenvalue weighted by atomic mass is 16.2. The monoisotopic (exact) mass is 180 g/mol. The topological polar surface area (TPSA) is 20.2 Å². The molecule has 0 spiro atoms. The Morgan fingerprint density at radius 1 is 0.923 bits per heavy atom. The highest BCUT2D eigenvalue weighted by Gasteiger charge is 1.79. The second-order valence-corrected chi connectivity index (χ2v) is 2.96. The first-order chi connectivity index (χ1) is 6.41. The lowest BCUT2D eigenvalue weighted by Crippen LogP contribution is -1.69. The molecule has 0 unspecified atom stereocenters. The van der Waals surface area contributed by atoms with Crippen LogP contribution in [-0.4, -0.2) is 5.11 Å². The summed E-state index contributed by atoms with van der Waals surface area (Å²) in [6.07, 6.45) is 17.0. The van der Waals surface area contributed by atoms with Crippen LogP contribution in [0.3, 0.4) is 0 Å². The van der Waals surface area contributed by atoms with Gasteiger partial charge in [0.2, 0.25) is 0 Å². The first kappa shape index (κ1) is 12.0. The molecule has 1 N–H and O–H groups in total. The van der Waals surface area contributed by atoms with Crippen LogP contribution in [0.5, 0.6) is 0 Å². The maximum absolute atomic E-state index is 8.32. The van der Waals surface area contributed by atoms with E-state index in [4.69, 9.17) is 5.11 Å². The minimum Gasteiger partial charge on any atom is -0.516 e. The molecule has 13 heavy (non-hydrogen) atoms. The smallest absolute Gasteiger partial charge is 0.0791 e. The van der Waals surface area contributed by atoms with Gasteiger partial charge in [0.05, 0.1) is 6.26 Å². The summed E-state index contributed by atoms with van der Waals surface area (Å²) in [5.41, 5.74) is 0. The van der Waals surface area contributed by atoms with E-state index >= 15 is 0 Å². The Bertz CT molecular complexity index is 166. The van der Waals surface area contributed by atoms with Gasteiger partial charge < -0.3 is 5.11 Å². The molecule has 0 aliphatic carbocycles. The minimum atomic E-state index is 1.05. The van der Waals surface area contributed by atoms with Crippen molar-refractivity contribution >= 4 is 0 Å². The van der Waals surface area contributed by atoms with E-state index in [1.807, 2.05) is 6.08 Å². The van der Waals surface area contributed by atoms with Crippen molar-refractivity contribution in [1.82, 2.24) is 0 Å². The normalized spacial score (nSPS) is 12.4. The van der Waals surface area contributed by atoms with Crippen LogP contribution in [0.1, 0.15) is 39.0 Å². The van der Waals surface area contributed by atoms with Gasteiger partial charge in [-0.15, -0.1) is 0 Å². The van der Waals surface area contributed by atoms with Crippen molar-refractivity contribution in [2.75, 3.05) is 0 Å². The van der Waals surface area contributed by atoms with E-state index in [2.05, 4.69) is 25.2 Å². The first-order valence-corrected chi connectivity index (χ1v) is 5.02. The van der Waals surface area contributed by atoms with Crippen LogP contribution >= 0.6 is 0 Å². The number of hydrogen-bond acceptors (Lipinski definition) is 1. The van der Waals surface area contributed by atoms with E-state index in [1.165, 1.54) is 19.3 Å². The second-order valence-electron chi connectivity index (χ2n) is 2.96. The number of unbranched alkanes of at least 4 members (excludes halogenated alkanes) is 3. The molecule has 0 fully saturated rings. The van der Waals surface area contributed by atoms with Crippen LogP contribution in [0.15, 0.2) is 36.6 Å². The van der Waals surface area contributed by atoms with E-state index in [9.17, 15) is 0 Å². The minimum absolute atomic E-state index is 1.05. The fourth-order valence-electron chi connectivity index (χ4n) is 0.980. The summed E-state index contributed by atoms with van der Waals surface area (Å²) in [7, 11) is 0. The molecular weight excluding hydrogens is 160 g/mol. The number of rotatable bonds is 7. The van der Waals surface area contributed by atoms with Gasteiger partial charge in [0.1, 0.15) is 0 Å². The van der Waals surface area contributed by atoms with E-state index < -0.39 is 0 Å². The van der Waals surface area contributed by atoms with Gasteiger partial charge in [-0.05, 0) is 31.8 Å². The van der Waals surface area contributed by atoms with Gasteiger partial charge in [0, 0.05) is 0 Å². The molecule has 0 radical (unpaired) electrons. The molecular formula is C12H20O. The number of aliphatic hydroxyl groups is 1. The fraction of sp³-hybridized carbons (Fsp3) is 0.500. The summed E-state index contributed by atoms with van der Waals surface area (Å²) in [5.74, 6) is 0. The molecule has 0 aromatic rings. The third-order valence-electron chi connectivity index (χ3n) is 1.70. The third-order valence-corrected chi connectivity index (χ3v) is 1.70. The predicted octanol–water partition coefficient (Wildman–Crippen LogP) is 4.14. The van der Waals surface area contributed by atoms with Crippen LogP contribution in [0.4, 0.5) is 0 Å². The van der Waals surface area contributed by atoms with Crippen molar-refractivity contribution in [2.45, 2.75) is 39.0 Å². The molecule has 0 amide bonds. The Morgan fingerprint density at radius 3 is 2.31 bits per heavy atom. The fourth-order valence-corrected chi connectivity index (χ4v) is 0.980. The molecule has 0 aliphatic heterocycles. The third kappa shape index (κ3) is 11.0. The zero-order chi connectivity index (χ0) is 9.78. The molecule has 0 bridgehead atoms. The van der Waals surface area contributed by atoms with Gasteiger partial charge in [-0.25, -0.2) is 0 Å². The summed E-state index contributed by atoms with van der Waals surface area (Å²) in [5, 5.41) is 8.32. The molecule has 0 rings (SSSR count). The van der Waals surface area contributed by atoms with Gasteiger partial charge >= 0.3 is 0 Å². The van der Waals surface area contributed by atoms with Crippen molar-refractivity contribution in [1.29, 1.82) is 0 Å². The highest BCUT2D eigenvalue weighted by molar-refractivity contribution is 4.99. The van der Waals surface area contributed by atoms with Crippen LogP contribution in [-0.2, 0) is 0 Å². The molecule has 0 saturated heterocycles. The molecule has 1 nitrogen and oxygen atoms in total. The quantitative estimate of drug-likeness (QED) is 0.270. The summed E-state index contributed by atoms with van der Waals surface area (Å²) < 4.78 is 0. The zero-order valence-corrected chi connectivity index (χ0v) is 8.45. The number of allylic oxidation sites excluding steroid dienone is 5. The number of aliphatic hydroxyl groups excluding tert-OH is 1. The first-order valence-electron chi connectivity index (χ1n) is 5.02. The molecule has 1 heteroatoms. The lowest BCUT2D eigenvalue weighted by molar-refractivity contribution is 0.473. The van der Waals surface area contributed by atoms with Gasteiger partial charge in [0.25, 0.3) is 0 Å². The van der Waals surface area contributed by atoms with Gasteiger partial charge in [-0.2, -0.15) is 0 Å². The SMILES string of the molecule is CCCC=CCCC/C=C/C=CO. The Balaban J connectivity index is 3.16. The standard InChI is InChI=1S/C12H20O/c1-2-3-4-5-6-7-8-9-10-11-12-13/h4-5,9-13H,2-3,6-8H2,1H3/b5-4?,10-9+,12-11?. The largest absolute Gasteiger partial charge is 0.516 e. The van der Waals surface area contributed by atoms with Crippen molar-refractivity contribution in [3.05, 3.63) is 36.6 Å². The van der Waals surface area contributed by atoms with Gasteiger partial charge in [0.15, 0.2) is 0 Å². The van der Waals surface area contributed by atoms with Crippen LogP contribution in [0, 0.1) is 0 Å². The van der Waals surface area contributed by atoms with Gasteiger partial charge in [-0.1, -0.05) is 37.6 Å². The molecule has 0 aromatic carbocycles. The maximum atomic E-state index is 8.32. The van der Waals surface area contributed by atoms with E-state index in [-0.39, 0.29) is 0 Å². The van der Waals surface area contributed by atoms with Crippen LogP contribution in [0.25, 0.3) is 0 Å². The predicted molar refractivity (Wildman–Crippen MR) is 58.8 cm³/mol. The van der Waals surface area contributed by atoms with E-state index in [1.54, 1.807) is 6.08 Å². The average molecular weight is 180 g/mol. The summed E-state index contributed by atoms with van der Waals surface area (Å²) in [6.45, 7) is 2.19. The Kier molecular flexibility index (Phi) is 10.2. The molecule has 0 aromatic heterocycles. The molecule has 0 saturated carbocycles. The molecule has 0 atom stereocenters. The Morgan fingerprint density at radius 2 is 1.62 bits per heavy atom. The average Bonchev–Trinajstić information content (AvgIpc) is 2.16. The summed E-state index contributed by atoms with van der Waals surface area (Å²) >= 11 is 0. The zero-order valence-electron chi connectivity index (χ0n) is 8.45. The van der Waals surface area contributed by atoms with Crippen LogP contribution in [0.2, 0.25) is 0 Å². The number of hydrogen-bond donors (Lipinski definition) is 1. The lowest BCUT2D eigenvalue weighted by atomic mass is 10.2. The summed E-state index contributed by atoms with van der Waals surface area (Å²) in [6, 6.07) is 0. The van der Waals surface area contributed by atoms with Gasteiger partial charge in [-0.3, -0.25) is 0 Å².